The average Bonchev–Trinajstić information content (AvgIpc) is 2.25. The molecule has 0 spiro atoms. The number of nitro benzene ring substituents is 1. The van der Waals surface area contributed by atoms with Crippen molar-refractivity contribution < 1.29 is 9.31 Å². The Morgan fingerprint density at radius 2 is 2.25 bits per heavy atom. The molecule has 0 aliphatic heterocycles. The Bertz CT molecular complexity index is 384. The molecular weight excluding hydrogens is 213 g/mol. The van der Waals surface area contributed by atoms with Crippen LogP contribution < -0.4 is 11.1 Å². The summed E-state index contributed by atoms with van der Waals surface area (Å²) < 4.78 is 13.0. The highest BCUT2D eigenvalue weighted by Gasteiger charge is 2.09. The zero-order chi connectivity index (χ0) is 12.1. The van der Waals surface area contributed by atoms with E-state index in [2.05, 4.69) is 5.32 Å². The maximum Gasteiger partial charge on any atom is 0.274 e. The number of anilines is 1. The Kier molecular flexibility index (Phi) is 4.19. The predicted molar refractivity (Wildman–Crippen MR) is 59.8 cm³/mol. The van der Waals surface area contributed by atoms with Crippen LogP contribution in [-0.2, 0) is 0 Å². The lowest BCUT2D eigenvalue weighted by molar-refractivity contribution is -0.385. The van der Waals surface area contributed by atoms with Crippen molar-refractivity contribution >= 4 is 11.4 Å². The van der Waals surface area contributed by atoms with Crippen LogP contribution in [-0.4, -0.2) is 17.5 Å². The van der Waals surface area contributed by atoms with E-state index in [-0.39, 0.29) is 11.7 Å². The van der Waals surface area contributed by atoms with Crippen molar-refractivity contribution in [3.05, 3.63) is 34.1 Å². The molecular formula is C10H14FN3O2. The van der Waals surface area contributed by atoms with E-state index in [1.165, 1.54) is 12.1 Å². The van der Waals surface area contributed by atoms with Crippen LogP contribution in [0.5, 0.6) is 0 Å². The Balaban J connectivity index is 2.76. The summed E-state index contributed by atoms with van der Waals surface area (Å²) in [6.07, 6.45) is 0.782. The number of nitro groups is 1. The smallest absolute Gasteiger partial charge is 0.274 e. The number of hydrogen-bond donors (Lipinski definition) is 2. The summed E-state index contributed by atoms with van der Waals surface area (Å²) >= 11 is 0. The predicted octanol–water partition coefficient (Wildman–Crippen LogP) is 1.88. The lowest BCUT2D eigenvalue weighted by Crippen LogP contribution is -2.28. The first-order valence-electron chi connectivity index (χ1n) is 4.97. The first kappa shape index (κ1) is 12.4. The third-order valence-electron chi connectivity index (χ3n) is 2.19. The standard InChI is InChI=1S/C10H14FN3O2/c1-2-8(12)6-13-9-3-7(11)4-10(5-9)14(15)16/h3-5,8,13H,2,6,12H2,1H3. The van der Waals surface area contributed by atoms with E-state index in [0.717, 1.165) is 12.5 Å². The van der Waals surface area contributed by atoms with Gasteiger partial charge in [0.25, 0.3) is 5.69 Å². The van der Waals surface area contributed by atoms with Crippen molar-refractivity contribution in [2.75, 3.05) is 11.9 Å². The molecule has 0 aliphatic carbocycles. The highest BCUT2D eigenvalue weighted by molar-refractivity contribution is 5.51. The van der Waals surface area contributed by atoms with Gasteiger partial charge in [-0.3, -0.25) is 10.1 Å². The fraction of sp³-hybridized carbons (Fsp3) is 0.400. The third-order valence-corrected chi connectivity index (χ3v) is 2.19. The van der Waals surface area contributed by atoms with Crippen LogP contribution in [0.3, 0.4) is 0 Å². The number of nitrogens with two attached hydrogens (primary N) is 1. The molecule has 0 aromatic heterocycles. The maximum atomic E-state index is 13.0. The number of non-ortho nitro benzene ring substituents is 1. The molecule has 0 saturated carbocycles. The van der Waals surface area contributed by atoms with Crippen LogP contribution in [0.15, 0.2) is 18.2 Å². The van der Waals surface area contributed by atoms with E-state index in [0.29, 0.717) is 12.2 Å². The topological polar surface area (TPSA) is 81.2 Å². The highest BCUT2D eigenvalue weighted by atomic mass is 19.1. The SMILES string of the molecule is CCC(N)CNc1cc(F)cc([N+](=O)[O-])c1. The van der Waals surface area contributed by atoms with Gasteiger partial charge >= 0.3 is 0 Å². The molecule has 1 unspecified atom stereocenters. The summed E-state index contributed by atoms with van der Waals surface area (Å²) in [5.41, 5.74) is 5.77. The van der Waals surface area contributed by atoms with Gasteiger partial charge in [-0.15, -0.1) is 0 Å². The summed E-state index contributed by atoms with van der Waals surface area (Å²) in [5.74, 6) is -0.637. The van der Waals surface area contributed by atoms with E-state index >= 15 is 0 Å². The van der Waals surface area contributed by atoms with Gasteiger partial charge in [0.05, 0.1) is 11.0 Å². The lowest BCUT2D eigenvalue weighted by atomic mass is 10.2. The molecule has 1 aromatic carbocycles. The monoisotopic (exact) mass is 227 g/mol. The molecule has 0 radical (unpaired) electrons. The molecule has 0 saturated heterocycles. The van der Waals surface area contributed by atoms with Crippen molar-refractivity contribution in [3.8, 4) is 0 Å². The second-order valence-electron chi connectivity index (χ2n) is 3.50. The van der Waals surface area contributed by atoms with Crippen molar-refractivity contribution in [3.63, 3.8) is 0 Å². The largest absolute Gasteiger partial charge is 0.383 e. The van der Waals surface area contributed by atoms with Gasteiger partial charge in [0.2, 0.25) is 0 Å². The Hall–Kier alpha value is -1.69. The first-order valence-corrected chi connectivity index (χ1v) is 4.97. The molecule has 6 heteroatoms. The zero-order valence-electron chi connectivity index (χ0n) is 8.94. The Morgan fingerprint density at radius 3 is 2.81 bits per heavy atom. The fourth-order valence-corrected chi connectivity index (χ4v) is 1.17. The molecule has 3 N–H and O–H groups in total. The van der Waals surface area contributed by atoms with Gasteiger partial charge in [0.1, 0.15) is 5.82 Å². The Morgan fingerprint density at radius 1 is 1.56 bits per heavy atom. The lowest BCUT2D eigenvalue weighted by Gasteiger charge is -2.11. The number of hydrogen-bond acceptors (Lipinski definition) is 4. The molecule has 0 fully saturated rings. The zero-order valence-corrected chi connectivity index (χ0v) is 8.94. The van der Waals surface area contributed by atoms with Gasteiger partial charge in [-0.25, -0.2) is 4.39 Å². The molecule has 1 rings (SSSR count). The summed E-state index contributed by atoms with van der Waals surface area (Å²) in [6.45, 7) is 2.39. The minimum Gasteiger partial charge on any atom is -0.383 e. The highest BCUT2D eigenvalue weighted by Crippen LogP contribution is 2.19. The number of benzene rings is 1. The van der Waals surface area contributed by atoms with Gasteiger partial charge in [0, 0.05) is 24.3 Å². The molecule has 88 valence electrons. The summed E-state index contributed by atoms with van der Waals surface area (Å²) in [6, 6.07) is 3.31. The van der Waals surface area contributed by atoms with Crippen molar-refractivity contribution in [1.29, 1.82) is 0 Å². The third kappa shape index (κ3) is 3.47. The Labute approximate surface area is 92.6 Å². The normalized spacial score (nSPS) is 12.2. The summed E-state index contributed by atoms with van der Waals surface area (Å²) in [5, 5.41) is 13.3. The van der Waals surface area contributed by atoms with E-state index in [1.54, 1.807) is 0 Å². The molecule has 0 bridgehead atoms. The summed E-state index contributed by atoms with van der Waals surface area (Å²) in [4.78, 5) is 9.86. The summed E-state index contributed by atoms with van der Waals surface area (Å²) in [7, 11) is 0. The molecule has 1 atom stereocenters. The first-order chi connectivity index (χ1) is 7.52. The fourth-order valence-electron chi connectivity index (χ4n) is 1.17. The van der Waals surface area contributed by atoms with Gasteiger partial charge in [-0.2, -0.15) is 0 Å². The van der Waals surface area contributed by atoms with Crippen LogP contribution in [0.2, 0.25) is 0 Å². The van der Waals surface area contributed by atoms with Crippen molar-refractivity contribution in [2.24, 2.45) is 5.73 Å². The number of rotatable bonds is 5. The minimum atomic E-state index is -0.637. The van der Waals surface area contributed by atoms with E-state index in [9.17, 15) is 14.5 Å². The van der Waals surface area contributed by atoms with Crippen molar-refractivity contribution in [1.82, 2.24) is 0 Å². The van der Waals surface area contributed by atoms with E-state index < -0.39 is 10.7 Å². The van der Waals surface area contributed by atoms with Gasteiger partial charge in [0.15, 0.2) is 0 Å². The van der Waals surface area contributed by atoms with Crippen molar-refractivity contribution in [2.45, 2.75) is 19.4 Å². The second kappa shape index (κ2) is 5.41. The average molecular weight is 227 g/mol. The van der Waals surface area contributed by atoms with Crippen LogP contribution >= 0.6 is 0 Å². The van der Waals surface area contributed by atoms with Gasteiger partial charge in [-0.05, 0) is 12.5 Å². The van der Waals surface area contributed by atoms with E-state index in [4.69, 9.17) is 5.73 Å². The molecule has 0 heterocycles. The molecule has 16 heavy (non-hydrogen) atoms. The number of nitrogens with one attached hydrogen (secondary N) is 1. The maximum absolute atomic E-state index is 13.0. The number of halogens is 1. The molecule has 5 nitrogen and oxygen atoms in total. The second-order valence-corrected chi connectivity index (χ2v) is 3.50. The minimum absolute atomic E-state index is 0.0534. The quantitative estimate of drug-likeness (QED) is 0.594. The molecule has 0 amide bonds. The molecule has 1 aromatic rings. The van der Waals surface area contributed by atoms with Crippen LogP contribution in [0.25, 0.3) is 0 Å². The molecule has 0 aliphatic rings. The number of nitrogens with zero attached hydrogens (tertiary/aromatic N) is 1. The van der Waals surface area contributed by atoms with E-state index in [1.807, 2.05) is 6.92 Å². The van der Waals surface area contributed by atoms with Crippen LogP contribution in [0.1, 0.15) is 13.3 Å². The van der Waals surface area contributed by atoms with Crippen LogP contribution in [0.4, 0.5) is 15.8 Å². The van der Waals surface area contributed by atoms with Gasteiger partial charge in [-0.1, -0.05) is 6.92 Å². The van der Waals surface area contributed by atoms with Gasteiger partial charge < -0.3 is 11.1 Å². The van der Waals surface area contributed by atoms with Crippen LogP contribution in [0, 0.1) is 15.9 Å².